The molecular formula is C30H35N3O6S. The van der Waals surface area contributed by atoms with Crippen molar-refractivity contribution in [2.75, 3.05) is 30.4 Å². The molecule has 2 amide bonds. The molecular weight excluding hydrogens is 530 g/mol. The number of benzene rings is 3. The lowest BCUT2D eigenvalue weighted by atomic mass is 10.0. The van der Waals surface area contributed by atoms with E-state index in [9.17, 15) is 18.0 Å². The van der Waals surface area contributed by atoms with Crippen LogP contribution >= 0.6 is 0 Å². The summed E-state index contributed by atoms with van der Waals surface area (Å²) in [5.41, 5.74) is 1.98. The number of carbonyl (C=O) groups excluding carboxylic acids is 2. The third-order valence-corrected chi connectivity index (χ3v) is 7.76. The largest absolute Gasteiger partial charge is 0.454 e. The Labute approximate surface area is 235 Å². The molecule has 0 spiro atoms. The number of carbonyl (C=O) groups is 2. The van der Waals surface area contributed by atoms with Crippen molar-refractivity contribution in [3.8, 4) is 11.5 Å². The lowest BCUT2D eigenvalue weighted by Gasteiger charge is -2.33. The first-order chi connectivity index (χ1) is 19.3. The predicted molar refractivity (Wildman–Crippen MR) is 154 cm³/mol. The van der Waals surface area contributed by atoms with Crippen LogP contribution in [0.25, 0.3) is 0 Å². The van der Waals surface area contributed by atoms with Crippen LogP contribution in [-0.4, -0.2) is 57.3 Å². The SMILES string of the molecule is CCCCNC(=O)[C@H](Cc1ccccc1)N(Cc1ccccc1)C(=O)CN(c1ccc2c(c1)OCO2)S(C)(=O)=O. The normalized spacial score (nSPS) is 12.9. The van der Waals surface area contributed by atoms with E-state index in [1.165, 1.54) is 11.0 Å². The van der Waals surface area contributed by atoms with E-state index in [2.05, 4.69) is 5.32 Å². The Morgan fingerprint density at radius 3 is 2.23 bits per heavy atom. The summed E-state index contributed by atoms with van der Waals surface area (Å²) >= 11 is 0. The van der Waals surface area contributed by atoms with Crippen LogP contribution in [0.4, 0.5) is 5.69 Å². The van der Waals surface area contributed by atoms with Crippen LogP contribution in [0.3, 0.4) is 0 Å². The van der Waals surface area contributed by atoms with Gasteiger partial charge in [-0.15, -0.1) is 0 Å². The van der Waals surface area contributed by atoms with Gasteiger partial charge in [0.15, 0.2) is 11.5 Å². The zero-order chi connectivity index (χ0) is 28.5. The smallest absolute Gasteiger partial charge is 0.244 e. The number of amides is 2. The molecule has 3 aromatic rings. The van der Waals surface area contributed by atoms with Crippen molar-refractivity contribution in [3.05, 3.63) is 90.0 Å². The van der Waals surface area contributed by atoms with E-state index in [1.807, 2.05) is 67.6 Å². The van der Waals surface area contributed by atoms with Gasteiger partial charge in [0.25, 0.3) is 0 Å². The Kier molecular flexibility index (Phi) is 9.65. The summed E-state index contributed by atoms with van der Waals surface area (Å²) in [5, 5.41) is 2.97. The molecule has 4 rings (SSSR count). The fourth-order valence-corrected chi connectivity index (χ4v) is 5.34. The maximum Gasteiger partial charge on any atom is 0.244 e. The highest BCUT2D eigenvalue weighted by Crippen LogP contribution is 2.36. The summed E-state index contributed by atoms with van der Waals surface area (Å²) in [6, 6.07) is 22.7. The number of fused-ring (bicyclic) bond motifs is 1. The number of ether oxygens (including phenoxy) is 2. The Morgan fingerprint density at radius 1 is 0.925 bits per heavy atom. The Bertz CT molecular complexity index is 1400. The number of anilines is 1. The molecule has 9 nitrogen and oxygen atoms in total. The van der Waals surface area contributed by atoms with Gasteiger partial charge in [-0.1, -0.05) is 74.0 Å². The highest BCUT2D eigenvalue weighted by Gasteiger charge is 2.33. The molecule has 0 fully saturated rings. The van der Waals surface area contributed by atoms with E-state index in [0.717, 1.165) is 34.5 Å². The highest BCUT2D eigenvalue weighted by molar-refractivity contribution is 7.92. The van der Waals surface area contributed by atoms with E-state index in [1.54, 1.807) is 12.1 Å². The van der Waals surface area contributed by atoms with E-state index in [4.69, 9.17) is 9.47 Å². The first kappa shape index (κ1) is 28.9. The minimum Gasteiger partial charge on any atom is -0.454 e. The van der Waals surface area contributed by atoms with Gasteiger partial charge in [-0.25, -0.2) is 8.42 Å². The third kappa shape index (κ3) is 7.53. The lowest BCUT2D eigenvalue weighted by molar-refractivity contribution is -0.140. The molecule has 1 atom stereocenters. The van der Waals surface area contributed by atoms with Crippen molar-refractivity contribution in [1.29, 1.82) is 0 Å². The third-order valence-electron chi connectivity index (χ3n) is 6.62. The summed E-state index contributed by atoms with van der Waals surface area (Å²) < 4.78 is 37.6. The number of hydrogen-bond donors (Lipinski definition) is 1. The van der Waals surface area contributed by atoms with Crippen molar-refractivity contribution < 1.29 is 27.5 Å². The number of nitrogens with one attached hydrogen (secondary N) is 1. The van der Waals surface area contributed by atoms with E-state index in [-0.39, 0.29) is 31.4 Å². The Morgan fingerprint density at radius 2 is 1.57 bits per heavy atom. The maximum absolute atomic E-state index is 14.1. The molecule has 0 aromatic heterocycles. The van der Waals surface area contributed by atoms with Gasteiger partial charge < -0.3 is 19.7 Å². The highest BCUT2D eigenvalue weighted by atomic mass is 32.2. The van der Waals surface area contributed by atoms with E-state index in [0.29, 0.717) is 18.0 Å². The van der Waals surface area contributed by atoms with Gasteiger partial charge >= 0.3 is 0 Å². The molecule has 0 radical (unpaired) electrons. The van der Waals surface area contributed by atoms with Gasteiger partial charge in [0.05, 0.1) is 11.9 Å². The summed E-state index contributed by atoms with van der Waals surface area (Å²) in [5.74, 6) is 0.118. The topological polar surface area (TPSA) is 105 Å². The van der Waals surface area contributed by atoms with Gasteiger partial charge in [0, 0.05) is 25.6 Å². The van der Waals surface area contributed by atoms with Crippen molar-refractivity contribution in [2.45, 2.75) is 38.8 Å². The molecule has 212 valence electrons. The van der Waals surface area contributed by atoms with Crippen LogP contribution in [0.5, 0.6) is 11.5 Å². The van der Waals surface area contributed by atoms with Crippen molar-refractivity contribution >= 4 is 27.5 Å². The number of rotatable bonds is 13. The first-order valence-corrected chi connectivity index (χ1v) is 15.1. The van der Waals surface area contributed by atoms with Crippen molar-refractivity contribution in [2.24, 2.45) is 0 Å². The van der Waals surface area contributed by atoms with Crippen LogP contribution in [0, 0.1) is 0 Å². The molecule has 0 aliphatic carbocycles. The fraction of sp³-hybridized carbons (Fsp3) is 0.333. The first-order valence-electron chi connectivity index (χ1n) is 13.3. The summed E-state index contributed by atoms with van der Waals surface area (Å²) in [6.07, 6.45) is 3.04. The number of sulfonamides is 1. The van der Waals surface area contributed by atoms with Gasteiger partial charge in [0.2, 0.25) is 28.6 Å². The molecule has 1 aliphatic rings. The molecule has 0 saturated heterocycles. The standard InChI is InChI=1S/C30H35N3O6S/c1-3-4-17-31-30(35)26(18-23-11-7-5-8-12-23)32(20-24-13-9-6-10-14-24)29(34)21-33(40(2,36)37)25-15-16-27-28(19-25)39-22-38-27/h5-16,19,26H,3-4,17-18,20-22H2,1-2H3,(H,31,35)/t26-/m0/s1. The van der Waals surface area contributed by atoms with Crippen LogP contribution in [-0.2, 0) is 32.6 Å². The quantitative estimate of drug-likeness (QED) is 0.317. The second-order valence-corrected chi connectivity index (χ2v) is 11.6. The summed E-state index contributed by atoms with van der Waals surface area (Å²) in [4.78, 5) is 29.1. The Hall–Kier alpha value is -4.05. The second kappa shape index (κ2) is 13.3. The number of hydrogen-bond acceptors (Lipinski definition) is 6. The molecule has 3 aromatic carbocycles. The van der Waals surface area contributed by atoms with Gasteiger partial charge in [-0.2, -0.15) is 0 Å². The van der Waals surface area contributed by atoms with Crippen molar-refractivity contribution in [1.82, 2.24) is 10.2 Å². The van der Waals surface area contributed by atoms with Crippen LogP contribution < -0.4 is 19.1 Å². The molecule has 0 unspecified atom stereocenters. The molecule has 0 bridgehead atoms. The average Bonchev–Trinajstić information content (AvgIpc) is 3.42. The minimum absolute atomic E-state index is 0.0375. The van der Waals surface area contributed by atoms with Gasteiger partial charge in [-0.05, 0) is 29.7 Å². The monoisotopic (exact) mass is 565 g/mol. The van der Waals surface area contributed by atoms with Crippen LogP contribution in [0.2, 0.25) is 0 Å². The zero-order valence-electron chi connectivity index (χ0n) is 22.8. The van der Waals surface area contributed by atoms with Gasteiger partial charge in [-0.3, -0.25) is 13.9 Å². The Balaban J connectivity index is 1.69. The maximum atomic E-state index is 14.1. The molecule has 0 saturated carbocycles. The molecule has 1 aliphatic heterocycles. The average molecular weight is 566 g/mol. The van der Waals surface area contributed by atoms with Crippen molar-refractivity contribution in [3.63, 3.8) is 0 Å². The molecule has 40 heavy (non-hydrogen) atoms. The fourth-order valence-electron chi connectivity index (χ4n) is 4.49. The number of unbranched alkanes of at least 4 members (excludes halogenated alkanes) is 1. The van der Waals surface area contributed by atoms with E-state index < -0.39 is 28.5 Å². The molecule has 10 heteroatoms. The summed E-state index contributed by atoms with van der Waals surface area (Å²) in [6.45, 7) is 2.21. The molecule has 1 N–H and O–H groups in total. The molecule has 1 heterocycles. The van der Waals surface area contributed by atoms with Crippen LogP contribution in [0.1, 0.15) is 30.9 Å². The van der Waals surface area contributed by atoms with Crippen LogP contribution in [0.15, 0.2) is 78.9 Å². The van der Waals surface area contributed by atoms with Gasteiger partial charge in [0.1, 0.15) is 12.6 Å². The van der Waals surface area contributed by atoms with E-state index >= 15 is 0 Å². The minimum atomic E-state index is -3.87. The summed E-state index contributed by atoms with van der Waals surface area (Å²) in [7, 11) is -3.87. The zero-order valence-corrected chi connectivity index (χ0v) is 23.6. The lowest BCUT2D eigenvalue weighted by Crippen LogP contribution is -2.53. The number of nitrogens with zero attached hydrogens (tertiary/aromatic N) is 2. The predicted octanol–water partition coefficient (Wildman–Crippen LogP) is 3.74. The second-order valence-electron chi connectivity index (χ2n) is 9.66.